The number of ether oxygens (including phenoxy) is 1. The molecule has 4 rings (SSSR count). The van der Waals surface area contributed by atoms with Crippen LogP contribution >= 0.6 is 23.7 Å². The second kappa shape index (κ2) is 7.18. The molecule has 0 bridgehead atoms. The van der Waals surface area contributed by atoms with Crippen molar-refractivity contribution in [2.45, 2.75) is 18.9 Å². The first-order valence-electron chi connectivity index (χ1n) is 7.77. The van der Waals surface area contributed by atoms with E-state index in [0.29, 0.717) is 24.9 Å². The lowest BCUT2D eigenvalue weighted by atomic mass is 9.90. The molecule has 2 aliphatic heterocycles. The topological polar surface area (TPSA) is 81.1 Å². The fourth-order valence-electron chi connectivity index (χ4n) is 3.21. The summed E-state index contributed by atoms with van der Waals surface area (Å²) in [4.78, 5) is 18.3. The van der Waals surface area contributed by atoms with Gasteiger partial charge in [0.25, 0.3) is 0 Å². The van der Waals surface area contributed by atoms with E-state index in [-0.39, 0.29) is 30.2 Å². The van der Waals surface area contributed by atoms with Gasteiger partial charge in [-0.15, -0.1) is 12.4 Å². The van der Waals surface area contributed by atoms with Crippen LogP contribution in [0.3, 0.4) is 0 Å². The van der Waals surface area contributed by atoms with Gasteiger partial charge in [-0.25, -0.2) is 4.98 Å². The number of carbonyl (C=O) groups is 1. The van der Waals surface area contributed by atoms with Crippen molar-refractivity contribution < 1.29 is 9.53 Å². The molecule has 1 saturated heterocycles. The molecule has 0 unspecified atom stereocenters. The Morgan fingerprint density at radius 1 is 1.50 bits per heavy atom. The number of fused-ring (bicyclic) bond motifs is 1. The maximum atomic E-state index is 12.7. The first-order chi connectivity index (χ1) is 11.2. The Hall–Kier alpha value is -1.48. The number of aromatic nitrogens is 3. The number of aryl methyl sites for hydroxylation is 1. The van der Waals surface area contributed by atoms with E-state index in [1.54, 1.807) is 4.68 Å². The van der Waals surface area contributed by atoms with Crippen LogP contribution in [0.25, 0.3) is 0 Å². The van der Waals surface area contributed by atoms with Crippen molar-refractivity contribution in [2.24, 2.45) is 13.0 Å². The van der Waals surface area contributed by atoms with Crippen molar-refractivity contribution in [2.75, 3.05) is 25.0 Å². The number of hydrogen-bond donors (Lipinski definition) is 2. The van der Waals surface area contributed by atoms with E-state index >= 15 is 0 Å². The SMILES string of the molecule is Cl.Cn1cc([C@H]2CNC[C@@H]2C(=O)Nc2nc3c(s2)COCC3)cn1. The smallest absolute Gasteiger partial charge is 0.231 e. The number of nitrogens with one attached hydrogen (secondary N) is 2. The van der Waals surface area contributed by atoms with Crippen molar-refractivity contribution in [1.82, 2.24) is 20.1 Å². The fraction of sp³-hybridized carbons (Fsp3) is 0.533. The molecule has 1 fully saturated rings. The number of nitrogens with zero attached hydrogens (tertiary/aromatic N) is 3. The number of carbonyl (C=O) groups excluding carboxylic acids is 1. The lowest BCUT2D eigenvalue weighted by molar-refractivity contribution is -0.119. The van der Waals surface area contributed by atoms with Gasteiger partial charge in [-0.2, -0.15) is 5.10 Å². The average molecular weight is 370 g/mol. The van der Waals surface area contributed by atoms with Gasteiger partial charge in [0.1, 0.15) is 0 Å². The maximum Gasteiger partial charge on any atom is 0.231 e. The van der Waals surface area contributed by atoms with Crippen LogP contribution < -0.4 is 10.6 Å². The predicted octanol–water partition coefficient (Wildman–Crippen LogP) is 1.31. The molecule has 24 heavy (non-hydrogen) atoms. The van der Waals surface area contributed by atoms with Crippen molar-refractivity contribution in [3.05, 3.63) is 28.5 Å². The second-order valence-corrected chi connectivity index (χ2v) is 7.08. The van der Waals surface area contributed by atoms with Crippen LogP contribution in [0.15, 0.2) is 12.4 Å². The van der Waals surface area contributed by atoms with Gasteiger partial charge in [0.2, 0.25) is 5.91 Å². The van der Waals surface area contributed by atoms with Gasteiger partial charge in [0, 0.05) is 38.7 Å². The molecule has 0 saturated carbocycles. The van der Waals surface area contributed by atoms with Gasteiger partial charge in [-0.3, -0.25) is 9.48 Å². The van der Waals surface area contributed by atoms with Crippen LogP contribution in [0.2, 0.25) is 0 Å². The molecule has 2 aromatic heterocycles. The Balaban J connectivity index is 0.00000169. The molecule has 9 heteroatoms. The third-order valence-corrected chi connectivity index (χ3v) is 5.42. The van der Waals surface area contributed by atoms with E-state index in [0.717, 1.165) is 29.1 Å². The normalized spacial score (nSPS) is 22.7. The van der Waals surface area contributed by atoms with E-state index < -0.39 is 0 Å². The van der Waals surface area contributed by atoms with Crippen LogP contribution in [-0.2, 0) is 29.6 Å². The third kappa shape index (κ3) is 3.32. The van der Waals surface area contributed by atoms with E-state index in [1.807, 2.05) is 19.4 Å². The van der Waals surface area contributed by atoms with Gasteiger partial charge < -0.3 is 15.4 Å². The minimum Gasteiger partial charge on any atom is -0.375 e. The van der Waals surface area contributed by atoms with Crippen LogP contribution in [-0.4, -0.2) is 40.4 Å². The molecule has 2 aliphatic rings. The predicted molar refractivity (Wildman–Crippen MR) is 93.7 cm³/mol. The highest BCUT2D eigenvalue weighted by atomic mass is 35.5. The molecule has 0 spiro atoms. The van der Waals surface area contributed by atoms with Crippen molar-refractivity contribution >= 4 is 34.8 Å². The number of halogens is 1. The van der Waals surface area contributed by atoms with Gasteiger partial charge >= 0.3 is 0 Å². The largest absolute Gasteiger partial charge is 0.375 e. The van der Waals surface area contributed by atoms with Crippen LogP contribution in [0.1, 0.15) is 22.1 Å². The zero-order chi connectivity index (χ0) is 15.8. The fourth-order valence-corrected chi connectivity index (χ4v) is 4.16. The lowest BCUT2D eigenvalue weighted by Gasteiger charge is -2.15. The summed E-state index contributed by atoms with van der Waals surface area (Å²) in [5.41, 5.74) is 2.16. The summed E-state index contributed by atoms with van der Waals surface area (Å²) < 4.78 is 7.20. The molecule has 7 nitrogen and oxygen atoms in total. The maximum absolute atomic E-state index is 12.7. The van der Waals surface area contributed by atoms with Crippen LogP contribution in [0.5, 0.6) is 0 Å². The monoisotopic (exact) mass is 369 g/mol. The Kier molecular flexibility index (Phi) is 5.19. The molecule has 2 aromatic rings. The van der Waals surface area contributed by atoms with Gasteiger partial charge in [0.05, 0.1) is 35.9 Å². The molecular weight excluding hydrogens is 350 g/mol. The average Bonchev–Trinajstić information content (AvgIpc) is 3.24. The van der Waals surface area contributed by atoms with E-state index in [4.69, 9.17) is 4.74 Å². The van der Waals surface area contributed by atoms with E-state index in [2.05, 4.69) is 20.7 Å². The first kappa shape index (κ1) is 17.3. The summed E-state index contributed by atoms with van der Waals surface area (Å²) in [7, 11) is 1.89. The molecule has 130 valence electrons. The molecular formula is C15H20ClN5O2S. The number of anilines is 1. The molecule has 4 heterocycles. The minimum atomic E-state index is -0.101. The summed E-state index contributed by atoms with van der Waals surface area (Å²) >= 11 is 1.52. The summed E-state index contributed by atoms with van der Waals surface area (Å²) in [6.45, 7) is 2.79. The number of thiazole rings is 1. The number of rotatable bonds is 3. The lowest BCUT2D eigenvalue weighted by Crippen LogP contribution is -2.28. The molecule has 0 radical (unpaired) electrons. The van der Waals surface area contributed by atoms with Gasteiger partial charge in [0.15, 0.2) is 5.13 Å². The second-order valence-electron chi connectivity index (χ2n) is 6.00. The summed E-state index contributed by atoms with van der Waals surface area (Å²) in [5, 5.41) is 11.2. The zero-order valence-corrected chi connectivity index (χ0v) is 15.0. The highest BCUT2D eigenvalue weighted by Crippen LogP contribution is 2.31. The Morgan fingerprint density at radius 2 is 2.38 bits per heavy atom. The van der Waals surface area contributed by atoms with E-state index in [9.17, 15) is 4.79 Å². The third-order valence-electron chi connectivity index (χ3n) is 4.43. The zero-order valence-electron chi connectivity index (χ0n) is 13.3. The van der Waals surface area contributed by atoms with Gasteiger partial charge in [-0.05, 0) is 5.56 Å². The highest BCUT2D eigenvalue weighted by molar-refractivity contribution is 7.15. The minimum absolute atomic E-state index is 0. The van der Waals surface area contributed by atoms with Gasteiger partial charge in [-0.1, -0.05) is 11.3 Å². The standard InChI is InChI=1S/C15H19N5O2S.ClH/c1-20-7-9(4-17-20)10-5-16-6-11(10)14(21)19-15-18-12-2-3-22-8-13(12)23-15;/h4,7,10-11,16H,2-3,5-6,8H2,1H3,(H,18,19,21);1H/t10-,11+;/m1./s1. The number of amides is 1. The summed E-state index contributed by atoms with van der Waals surface area (Å²) in [5.74, 6) is 0.0777. The summed E-state index contributed by atoms with van der Waals surface area (Å²) in [6.07, 6.45) is 4.65. The van der Waals surface area contributed by atoms with Crippen molar-refractivity contribution in [3.8, 4) is 0 Å². The molecule has 0 aliphatic carbocycles. The highest BCUT2D eigenvalue weighted by Gasteiger charge is 2.35. The van der Waals surface area contributed by atoms with Crippen molar-refractivity contribution in [3.63, 3.8) is 0 Å². The molecule has 0 aromatic carbocycles. The summed E-state index contributed by atoms with van der Waals surface area (Å²) in [6, 6.07) is 0. The van der Waals surface area contributed by atoms with Crippen molar-refractivity contribution in [1.29, 1.82) is 0 Å². The van der Waals surface area contributed by atoms with Crippen LogP contribution in [0, 0.1) is 5.92 Å². The first-order valence-corrected chi connectivity index (χ1v) is 8.59. The molecule has 1 amide bonds. The van der Waals surface area contributed by atoms with E-state index in [1.165, 1.54) is 11.3 Å². The number of hydrogen-bond acceptors (Lipinski definition) is 6. The van der Waals surface area contributed by atoms with Crippen LogP contribution in [0.4, 0.5) is 5.13 Å². The Bertz CT molecular complexity index is 708. The Morgan fingerprint density at radius 3 is 3.12 bits per heavy atom. The Labute approximate surface area is 150 Å². The molecule has 2 atom stereocenters. The quantitative estimate of drug-likeness (QED) is 0.852. The molecule has 2 N–H and O–H groups in total.